The van der Waals surface area contributed by atoms with Gasteiger partial charge >= 0.3 is 6.03 Å². The highest BCUT2D eigenvalue weighted by atomic mass is 19.1. The van der Waals surface area contributed by atoms with Crippen molar-refractivity contribution < 1.29 is 18.4 Å². The molecule has 7 heteroatoms. The van der Waals surface area contributed by atoms with E-state index < -0.39 is 0 Å². The first-order chi connectivity index (χ1) is 14.1. The smallest absolute Gasteiger partial charge is 0.317 e. The zero-order chi connectivity index (χ0) is 20.3. The number of benzene rings is 1. The number of rotatable bonds is 6. The first kappa shape index (κ1) is 19.5. The summed E-state index contributed by atoms with van der Waals surface area (Å²) in [6, 6.07) is 10.0. The Labute approximate surface area is 169 Å². The highest BCUT2D eigenvalue weighted by Crippen LogP contribution is 2.47. The van der Waals surface area contributed by atoms with Gasteiger partial charge in [0.1, 0.15) is 11.6 Å². The molecule has 4 rings (SSSR count). The fourth-order valence-electron chi connectivity index (χ4n) is 3.95. The van der Waals surface area contributed by atoms with Gasteiger partial charge in [0.05, 0.1) is 12.8 Å². The lowest BCUT2D eigenvalue weighted by Gasteiger charge is -2.31. The predicted octanol–water partition coefficient (Wildman–Crippen LogP) is 3.19. The molecule has 1 saturated carbocycles. The number of nitrogens with zero attached hydrogens (tertiary/aromatic N) is 1. The fourth-order valence-corrected chi connectivity index (χ4v) is 3.95. The summed E-state index contributed by atoms with van der Waals surface area (Å²) in [4.78, 5) is 26.6. The summed E-state index contributed by atoms with van der Waals surface area (Å²) >= 11 is 0. The van der Waals surface area contributed by atoms with Gasteiger partial charge in [0.25, 0.3) is 0 Å². The van der Waals surface area contributed by atoms with Crippen LogP contribution >= 0.6 is 0 Å². The van der Waals surface area contributed by atoms with Crippen LogP contribution < -0.4 is 10.6 Å². The molecule has 1 aromatic heterocycles. The molecule has 0 radical (unpaired) electrons. The summed E-state index contributed by atoms with van der Waals surface area (Å²) in [6.45, 7) is 2.06. The number of likely N-dealkylation sites (tertiary alicyclic amines) is 1. The highest BCUT2D eigenvalue weighted by Gasteiger charge is 2.44. The van der Waals surface area contributed by atoms with Crippen LogP contribution in [0.25, 0.3) is 0 Å². The van der Waals surface area contributed by atoms with Crippen LogP contribution in [0.2, 0.25) is 0 Å². The predicted molar refractivity (Wildman–Crippen MR) is 106 cm³/mol. The molecule has 2 heterocycles. The number of amides is 3. The van der Waals surface area contributed by atoms with E-state index in [-0.39, 0.29) is 29.1 Å². The first-order valence-electron chi connectivity index (χ1n) is 10.1. The van der Waals surface area contributed by atoms with Gasteiger partial charge in [-0.2, -0.15) is 0 Å². The lowest BCUT2D eigenvalue weighted by atomic mass is 9.93. The van der Waals surface area contributed by atoms with Gasteiger partial charge in [0, 0.05) is 31.0 Å². The molecule has 2 N–H and O–H groups in total. The Morgan fingerprint density at radius 1 is 1.10 bits per heavy atom. The molecule has 2 fully saturated rings. The molecule has 1 aromatic carbocycles. The van der Waals surface area contributed by atoms with Gasteiger partial charge in [-0.1, -0.05) is 12.1 Å². The van der Waals surface area contributed by atoms with Gasteiger partial charge < -0.3 is 20.0 Å². The van der Waals surface area contributed by atoms with Crippen LogP contribution in [0, 0.1) is 11.7 Å². The monoisotopic (exact) mass is 399 g/mol. The molecule has 3 amide bonds. The molecule has 0 bridgehead atoms. The highest BCUT2D eigenvalue weighted by molar-refractivity contribution is 5.80. The average Bonchev–Trinajstić information content (AvgIpc) is 3.35. The van der Waals surface area contributed by atoms with Crippen molar-refractivity contribution in [3.05, 3.63) is 59.8 Å². The summed E-state index contributed by atoms with van der Waals surface area (Å²) < 4.78 is 18.4. The van der Waals surface area contributed by atoms with E-state index in [1.165, 1.54) is 12.1 Å². The summed E-state index contributed by atoms with van der Waals surface area (Å²) in [7, 11) is 0. The van der Waals surface area contributed by atoms with Crippen LogP contribution in [0.1, 0.15) is 37.0 Å². The van der Waals surface area contributed by atoms with Crippen molar-refractivity contribution in [1.29, 1.82) is 0 Å². The summed E-state index contributed by atoms with van der Waals surface area (Å²) in [5, 5.41) is 5.93. The van der Waals surface area contributed by atoms with E-state index in [2.05, 4.69) is 10.6 Å². The number of urea groups is 1. The largest absolute Gasteiger partial charge is 0.467 e. The molecule has 0 unspecified atom stereocenters. The molecule has 0 spiro atoms. The van der Waals surface area contributed by atoms with Crippen LogP contribution in [-0.2, 0) is 16.8 Å². The third-order valence-corrected chi connectivity index (χ3v) is 6.06. The molecule has 1 aliphatic carbocycles. The average molecular weight is 399 g/mol. The van der Waals surface area contributed by atoms with Crippen LogP contribution in [0.3, 0.4) is 0 Å². The molecule has 1 saturated heterocycles. The van der Waals surface area contributed by atoms with Crippen molar-refractivity contribution in [3.63, 3.8) is 0 Å². The maximum Gasteiger partial charge on any atom is 0.317 e. The Morgan fingerprint density at radius 2 is 1.83 bits per heavy atom. The van der Waals surface area contributed by atoms with Crippen molar-refractivity contribution in [3.8, 4) is 0 Å². The van der Waals surface area contributed by atoms with E-state index in [0.717, 1.165) is 18.4 Å². The zero-order valence-corrected chi connectivity index (χ0v) is 16.3. The summed E-state index contributed by atoms with van der Waals surface area (Å²) in [5.41, 5.74) is 1.04. The Morgan fingerprint density at radius 3 is 2.45 bits per heavy atom. The van der Waals surface area contributed by atoms with E-state index in [1.807, 2.05) is 18.2 Å². The van der Waals surface area contributed by atoms with Crippen LogP contribution in [0.4, 0.5) is 9.18 Å². The van der Waals surface area contributed by atoms with Gasteiger partial charge in [-0.05, 0) is 55.5 Å². The molecule has 2 aliphatic rings. The van der Waals surface area contributed by atoms with Crippen molar-refractivity contribution >= 4 is 11.9 Å². The topological polar surface area (TPSA) is 74.6 Å². The maximum absolute atomic E-state index is 13.2. The number of hydrogen-bond donors (Lipinski definition) is 2. The third-order valence-electron chi connectivity index (χ3n) is 6.06. The Hall–Kier alpha value is -2.83. The molecule has 0 atom stereocenters. The molecule has 2 aromatic rings. The molecule has 1 aliphatic heterocycles. The Bertz CT molecular complexity index is 839. The lowest BCUT2D eigenvalue weighted by Crippen LogP contribution is -2.47. The lowest BCUT2D eigenvalue weighted by molar-refractivity contribution is -0.126. The van der Waals surface area contributed by atoms with Gasteiger partial charge in [-0.25, -0.2) is 9.18 Å². The molecular weight excluding hydrogens is 373 g/mol. The minimum atomic E-state index is -0.242. The molecule has 29 heavy (non-hydrogen) atoms. The van der Waals surface area contributed by atoms with Gasteiger partial charge in [0.15, 0.2) is 0 Å². The van der Waals surface area contributed by atoms with Gasteiger partial charge in [-0.3, -0.25) is 4.79 Å². The Kier molecular flexibility index (Phi) is 5.56. The minimum absolute atomic E-state index is 0.0458. The second-order valence-corrected chi connectivity index (χ2v) is 8.00. The van der Waals surface area contributed by atoms with Gasteiger partial charge in [-0.15, -0.1) is 0 Å². The number of piperidine rings is 1. The van der Waals surface area contributed by atoms with E-state index >= 15 is 0 Å². The van der Waals surface area contributed by atoms with Crippen LogP contribution in [0.5, 0.6) is 0 Å². The van der Waals surface area contributed by atoms with Crippen molar-refractivity contribution in [1.82, 2.24) is 15.5 Å². The van der Waals surface area contributed by atoms with Crippen molar-refractivity contribution in [2.45, 2.75) is 37.6 Å². The summed E-state index contributed by atoms with van der Waals surface area (Å²) in [6.07, 6.45) is 4.90. The fraction of sp³-hybridized carbons (Fsp3) is 0.455. The number of carbonyl (C=O) groups is 2. The second-order valence-electron chi connectivity index (χ2n) is 8.00. The second kappa shape index (κ2) is 8.27. The number of nitrogens with one attached hydrogen (secondary N) is 2. The van der Waals surface area contributed by atoms with E-state index in [9.17, 15) is 14.0 Å². The van der Waals surface area contributed by atoms with Crippen LogP contribution in [0.15, 0.2) is 47.1 Å². The Balaban J connectivity index is 1.21. The zero-order valence-electron chi connectivity index (χ0n) is 16.3. The standard InChI is InChI=1S/C22H26FN3O3/c23-18-5-3-17(4-6-18)22(9-10-22)15-25-20(27)16-7-11-26(12-8-16)21(28)24-14-19-2-1-13-29-19/h1-6,13,16H,7-12,14-15H2,(H,24,28)(H,25,27). The number of halogens is 1. The summed E-state index contributed by atoms with van der Waals surface area (Å²) in [5.74, 6) is 0.443. The van der Waals surface area contributed by atoms with E-state index in [4.69, 9.17) is 4.42 Å². The maximum atomic E-state index is 13.2. The van der Waals surface area contributed by atoms with Gasteiger partial charge in [0.2, 0.25) is 5.91 Å². The first-order valence-corrected chi connectivity index (χ1v) is 10.1. The number of hydrogen-bond acceptors (Lipinski definition) is 3. The van der Waals surface area contributed by atoms with E-state index in [1.54, 1.807) is 17.2 Å². The number of furan rings is 1. The normalized spacial score (nSPS) is 18.3. The third kappa shape index (κ3) is 4.60. The number of carbonyl (C=O) groups excluding carboxylic acids is 2. The molecule has 6 nitrogen and oxygen atoms in total. The molecular formula is C22H26FN3O3. The quantitative estimate of drug-likeness (QED) is 0.783. The van der Waals surface area contributed by atoms with Crippen LogP contribution in [-0.4, -0.2) is 36.5 Å². The SMILES string of the molecule is O=C(NCC1(c2ccc(F)cc2)CC1)C1CCN(C(=O)NCc2ccco2)CC1. The van der Waals surface area contributed by atoms with E-state index in [0.29, 0.717) is 44.8 Å². The van der Waals surface area contributed by atoms with Crippen molar-refractivity contribution in [2.24, 2.45) is 5.92 Å². The molecule has 154 valence electrons. The minimum Gasteiger partial charge on any atom is -0.467 e. The van der Waals surface area contributed by atoms with Crippen molar-refractivity contribution in [2.75, 3.05) is 19.6 Å².